The van der Waals surface area contributed by atoms with Crippen molar-refractivity contribution in [1.29, 1.82) is 0 Å². The molecule has 0 radical (unpaired) electrons. The average Bonchev–Trinajstić information content (AvgIpc) is 2.87. The topological polar surface area (TPSA) is 85.8 Å². The molecule has 2 rings (SSSR count). The van der Waals surface area contributed by atoms with Gasteiger partial charge in [0.2, 0.25) is 0 Å². The van der Waals surface area contributed by atoms with Crippen LogP contribution < -0.4 is 0 Å². The maximum Gasteiger partial charge on any atom is 0.358 e. The minimum absolute atomic E-state index is 0.00689. The number of carboxylic acids is 1. The number of nitrogens with zero attached hydrogens (tertiary/aromatic N) is 5. The van der Waals surface area contributed by atoms with Crippen molar-refractivity contribution in [2.75, 3.05) is 0 Å². The van der Waals surface area contributed by atoms with E-state index in [1.165, 1.54) is 0 Å². The Kier molecular flexibility index (Phi) is 2.90. The summed E-state index contributed by atoms with van der Waals surface area (Å²) in [5, 5.41) is 16.3. The molecule has 0 bridgehead atoms. The minimum Gasteiger partial charge on any atom is -0.476 e. The number of imidazole rings is 1. The molecule has 0 amide bonds. The Morgan fingerprint density at radius 2 is 2.29 bits per heavy atom. The van der Waals surface area contributed by atoms with Crippen molar-refractivity contribution >= 4 is 5.97 Å². The molecule has 0 aliphatic carbocycles. The fourth-order valence-corrected chi connectivity index (χ4v) is 1.63. The van der Waals surface area contributed by atoms with E-state index in [4.69, 9.17) is 5.11 Å². The Hall–Kier alpha value is -2.18. The second kappa shape index (κ2) is 4.36. The van der Waals surface area contributed by atoms with Crippen molar-refractivity contribution < 1.29 is 9.90 Å². The van der Waals surface area contributed by atoms with E-state index in [9.17, 15) is 4.79 Å². The van der Waals surface area contributed by atoms with Gasteiger partial charge in [0.05, 0.1) is 30.5 Å². The molecule has 90 valence electrons. The van der Waals surface area contributed by atoms with Crippen LogP contribution >= 0.6 is 0 Å². The van der Waals surface area contributed by atoms with E-state index in [0.717, 1.165) is 12.2 Å². The van der Waals surface area contributed by atoms with E-state index in [1.54, 1.807) is 24.1 Å². The average molecular weight is 235 g/mol. The summed E-state index contributed by atoms with van der Waals surface area (Å²) in [6, 6.07) is 0. The lowest BCUT2D eigenvalue weighted by Gasteiger charge is -2.05. The van der Waals surface area contributed by atoms with Gasteiger partial charge in [-0.2, -0.15) is 0 Å². The first-order chi connectivity index (χ1) is 8.13. The second-order valence-corrected chi connectivity index (χ2v) is 3.66. The third-order valence-corrected chi connectivity index (χ3v) is 2.64. The third kappa shape index (κ3) is 2.03. The summed E-state index contributed by atoms with van der Waals surface area (Å²) < 4.78 is 3.54. The van der Waals surface area contributed by atoms with Gasteiger partial charge in [-0.25, -0.2) is 14.5 Å². The van der Waals surface area contributed by atoms with Gasteiger partial charge in [-0.1, -0.05) is 5.21 Å². The molecule has 0 fully saturated rings. The Labute approximate surface area is 97.7 Å². The largest absolute Gasteiger partial charge is 0.476 e. The highest BCUT2D eigenvalue weighted by Gasteiger charge is 2.15. The van der Waals surface area contributed by atoms with E-state index < -0.39 is 5.97 Å². The zero-order valence-electron chi connectivity index (χ0n) is 9.66. The fourth-order valence-electron chi connectivity index (χ4n) is 1.63. The monoisotopic (exact) mass is 235 g/mol. The van der Waals surface area contributed by atoms with Gasteiger partial charge in [-0.15, -0.1) is 5.10 Å². The van der Waals surface area contributed by atoms with Crippen LogP contribution in [0.15, 0.2) is 12.5 Å². The van der Waals surface area contributed by atoms with Gasteiger partial charge in [-0.05, 0) is 13.8 Å². The number of aromatic carboxylic acids is 1. The summed E-state index contributed by atoms with van der Waals surface area (Å²) in [5.74, 6) is -1.06. The van der Waals surface area contributed by atoms with Crippen LogP contribution in [0, 0.1) is 6.92 Å². The number of aromatic nitrogens is 5. The molecule has 0 spiro atoms. The summed E-state index contributed by atoms with van der Waals surface area (Å²) in [5.41, 5.74) is 1.51. The molecule has 7 heteroatoms. The van der Waals surface area contributed by atoms with Crippen LogP contribution in [0.5, 0.6) is 0 Å². The summed E-state index contributed by atoms with van der Waals surface area (Å²) >= 11 is 0. The molecule has 0 atom stereocenters. The van der Waals surface area contributed by atoms with Crippen LogP contribution in [0.4, 0.5) is 0 Å². The number of hydrogen-bond acceptors (Lipinski definition) is 4. The second-order valence-electron chi connectivity index (χ2n) is 3.66. The van der Waals surface area contributed by atoms with Crippen molar-refractivity contribution in [3.63, 3.8) is 0 Å². The van der Waals surface area contributed by atoms with Crippen LogP contribution in [-0.4, -0.2) is 35.6 Å². The highest BCUT2D eigenvalue weighted by Crippen LogP contribution is 2.07. The molecule has 0 aromatic carbocycles. The highest BCUT2D eigenvalue weighted by atomic mass is 16.4. The number of hydrogen-bond donors (Lipinski definition) is 1. The zero-order chi connectivity index (χ0) is 12.4. The molecule has 0 unspecified atom stereocenters. The van der Waals surface area contributed by atoms with E-state index in [1.807, 2.05) is 11.5 Å². The summed E-state index contributed by atoms with van der Waals surface area (Å²) in [7, 11) is 0. The first-order valence-electron chi connectivity index (χ1n) is 5.25. The number of rotatable bonds is 4. The molecule has 1 N–H and O–H groups in total. The molecular formula is C10H13N5O2. The van der Waals surface area contributed by atoms with Gasteiger partial charge >= 0.3 is 5.97 Å². The third-order valence-electron chi connectivity index (χ3n) is 2.64. The molecule has 2 heterocycles. The van der Waals surface area contributed by atoms with Gasteiger partial charge in [0.1, 0.15) is 0 Å². The lowest BCUT2D eigenvalue weighted by Crippen LogP contribution is -2.09. The van der Waals surface area contributed by atoms with Crippen molar-refractivity contribution in [2.45, 2.75) is 26.9 Å². The van der Waals surface area contributed by atoms with E-state index in [0.29, 0.717) is 12.2 Å². The van der Waals surface area contributed by atoms with Gasteiger partial charge in [0.15, 0.2) is 5.69 Å². The molecule has 0 aliphatic heterocycles. The smallest absolute Gasteiger partial charge is 0.358 e. The standard InChI is InChI=1S/C10H13N5O2/c1-3-14-6-11-4-8(14)5-15-7(2)9(10(16)17)12-13-15/h4,6H,3,5H2,1-2H3,(H,16,17). The van der Waals surface area contributed by atoms with Gasteiger partial charge < -0.3 is 9.67 Å². The summed E-state index contributed by atoms with van der Waals surface area (Å²) in [4.78, 5) is 14.9. The first-order valence-corrected chi connectivity index (χ1v) is 5.25. The summed E-state index contributed by atoms with van der Waals surface area (Å²) in [6.07, 6.45) is 3.48. The first kappa shape index (κ1) is 11.3. The Bertz CT molecular complexity index is 543. The van der Waals surface area contributed by atoms with Crippen molar-refractivity contribution in [3.8, 4) is 0 Å². The van der Waals surface area contributed by atoms with Crippen LogP contribution in [0.2, 0.25) is 0 Å². The summed E-state index contributed by atoms with van der Waals surface area (Å²) in [6.45, 7) is 4.99. The lowest BCUT2D eigenvalue weighted by atomic mass is 10.3. The lowest BCUT2D eigenvalue weighted by molar-refractivity contribution is 0.0689. The van der Waals surface area contributed by atoms with E-state index >= 15 is 0 Å². The van der Waals surface area contributed by atoms with Gasteiger partial charge in [-0.3, -0.25) is 0 Å². The Balaban J connectivity index is 2.28. The molecular weight excluding hydrogens is 222 g/mol. The SMILES string of the molecule is CCn1cncc1Cn1nnc(C(=O)O)c1C. The number of carbonyl (C=O) groups is 1. The van der Waals surface area contributed by atoms with Crippen LogP contribution in [0.25, 0.3) is 0 Å². The van der Waals surface area contributed by atoms with Crippen molar-refractivity contribution in [2.24, 2.45) is 0 Å². The maximum absolute atomic E-state index is 10.8. The van der Waals surface area contributed by atoms with Gasteiger partial charge in [0, 0.05) is 6.54 Å². The Morgan fingerprint density at radius 1 is 1.53 bits per heavy atom. The zero-order valence-corrected chi connectivity index (χ0v) is 9.66. The van der Waals surface area contributed by atoms with E-state index in [-0.39, 0.29) is 5.69 Å². The number of carboxylic acid groups (broad SMARTS) is 1. The maximum atomic E-state index is 10.8. The quantitative estimate of drug-likeness (QED) is 0.836. The number of aryl methyl sites for hydroxylation is 1. The molecule has 0 aliphatic rings. The molecule has 2 aromatic rings. The molecule has 17 heavy (non-hydrogen) atoms. The predicted octanol–water partition coefficient (Wildman–Crippen LogP) is 0.549. The Morgan fingerprint density at radius 3 is 2.88 bits per heavy atom. The molecule has 0 saturated heterocycles. The van der Waals surface area contributed by atoms with Crippen LogP contribution in [0.3, 0.4) is 0 Å². The van der Waals surface area contributed by atoms with E-state index in [2.05, 4.69) is 15.3 Å². The minimum atomic E-state index is -1.06. The van der Waals surface area contributed by atoms with Gasteiger partial charge in [0.25, 0.3) is 0 Å². The fraction of sp³-hybridized carbons (Fsp3) is 0.400. The normalized spacial score (nSPS) is 10.7. The molecule has 0 saturated carbocycles. The highest BCUT2D eigenvalue weighted by molar-refractivity contribution is 5.86. The molecule has 2 aromatic heterocycles. The van der Waals surface area contributed by atoms with Crippen LogP contribution in [-0.2, 0) is 13.1 Å². The van der Waals surface area contributed by atoms with Crippen molar-refractivity contribution in [1.82, 2.24) is 24.5 Å². The molecule has 7 nitrogen and oxygen atoms in total. The van der Waals surface area contributed by atoms with Crippen molar-refractivity contribution in [3.05, 3.63) is 29.6 Å². The predicted molar refractivity (Wildman–Crippen MR) is 58.7 cm³/mol. The van der Waals surface area contributed by atoms with Crippen LogP contribution in [0.1, 0.15) is 28.8 Å².